The third kappa shape index (κ3) is 2.26. The van der Waals surface area contributed by atoms with E-state index in [-0.39, 0.29) is 24.8 Å². The Hall–Kier alpha value is -1.38. The molecule has 2 rings (SSSR count). The number of hydrogen-bond donors (Lipinski definition) is 3. The third-order valence-electron chi connectivity index (χ3n) is 2.77. The SMILES string of the molecule is CN(C)c1nc(N)c(C(=O)N2CC(O)C(O)C2)s1. The maximum Gasteiger partial charge on any atom is 0.268 e. The first-order valence-corrected chi connectivity index (χ1v) is 6.31. The maximum atomic E-state index is 12.2. The number of carbonyl (C=O) groups is 1. The number of aromatic nitrogens is 1. The highest BCUT2D eigenvalue weighted by molar-refractivity contribution is 7.18. The third-order valence-corrected chi connectivity index (χ3v) is 3.99. The smallest absolute Gasteiger partial charge is 0.268 e. The van der Waals surface area contributed by atoms with Crippen LogP contribution in [0.15, 0.2) is 0 Å². The van der Waals surface area contributed by atoms with E-state index in [1.54, 1.807) is 4.90 Å². The summed E-state index contributed by atoms with van der Waals surface area (Å²) in [5, 5.41) is 19.5. The van der Waals surface area contributed by atoms with E-state index in [0.29, 0.717) is 10.0 Å². The molecule has 0 saturated carbocycles. The van der Waals surface area contributed by atoms with Crippen molar-refractivity contribution < 1.29 is 15.0 Å². The lowest BCUT2D eigenvalue weighted by Crippen LogP contribution is -2.29. The van der Waals surface area contributed by atoms with Gasteiger partial charge in [0.25, 0.3) is 5.91 Å². The molecule has 100 valence electrons. The number of nitrogen functional groups attached to an aromatic ring is 1. The summed E-state index contributed by atoms with van der Waals surface area (Å²) in [6.07, 6.45) is -1.78. The van der Waals surface area contributed by atoms with E-state index in [2.05, 4.69) is 4.98 Å². The van der Waals surface area contributed by atoms with Gasteiger partial charge in [-0.3, -0.25) is 4.79 Å². The fraction of sp³-hybridized carbons (Fsp3) is 0.600. The van der Waals surface area contributed by atoms with Crippen LogP contribution in [0.5, 0.6) is 0 Å². The number of rotatable bonds is 2. The summed E-state index contributed by atoms with van der Waals surface area (Å²) >= 11 is 1.20. The fourth-order valence-electron chi connectivity index (χ4n) is 1.74. The van der Waals surface area contributed by atoms with E-state index in [1.807, 2.05) is 14.1 Å². The number of carbonyl (C=O) groups excluding carboxylic acids is 1. The molecular formula is C10H16N4O3S. The first-order chi connectivity index (χ1) is 8.40. The van der Waals surface area contributed by atoms with E-state index >= 15 is 0 Å². The zero-order chi connectivity index (χ0) is 13.4. The summed E-state index contributed by atoms with van der Waals surface area (Å²) in [4.78, 5) is 19.8. The van der Waals surface area contributed by atoms with Gasteiger partial charge in [0.1, 0.15) is 10.7 Å². The molecule has 1 saturated heterocycles. The predicted molar refractivity (Wildman–Crippen MR) is 68.8 cm³/mol. The molecule has 1 amide bonds. The van der Waals surface area contributed by atoms with Gasteiger partial charge < -0.3 is 25.7 Å². The standard InChI is InChI=1S/C10H16N4O3S/c1-13(2)10-12-8(11)7(18-10)9(17)14-3-5(15)6(16)4-14/h5-6,15-16H,3-4,11H2,1-2H3. The maximum absolute atomic E-state index is 12.2. The van der Waals surface area contributed by atoms with Crippen molar-refractivity contribution in [1.29, 1.82) is 0 Å². The molecule has 0 aliphatic carbocycles. The van der Waals surface area contributed by atoms with Crippen LogP contribution in [0.3, 0.4) is 0 Å². The van der Waals surface area contributed by atoms with Gasteiger partial charge in [-0.1, -0.05) is 11.3 Å². The first kappa shape index (κ1) is 13.1. The molecular weight excluding hydrogens is 256 g/mol. The number of hydrogen-bond acceptors (Lipinski definition) is 7. The highest BCUT2D eigenvalue weighted by atomic mass is 32.1. The van der Waals surface area contributed by atoms with Gasteiger partial charge >= 0.3 is 0 Å². The van der Waals surface area contributed by atoms with E-state index in [1.165, 1.54) is 16.2 Å². The largest absolute Gasteiger partial charge is 0.388 e. The normalized spacial score (nSPS) is 23.4. The van der Waals surface area contributed by atoms with Crippen LogP contribution in [0.1, 0.15) is 9.67 Å². The lowest BCUT2D eigenvalue weighted by molar-refractivity contribution is 0.0572. The van der Waals surface area contributed by atoms with Gasteiger partial charge in [-0.2, -0.15) is 0 Å². The molecule has 1 fully saturated rings. The monoisotopic (exact) mass is 272 g/mol. The number of anilines is 2. The van der Waals surface area contributed by atoms with Gasteiger partial charge in [-0.15, -0.1) is 0 Å². The van der Waals surface area contributed by atoms with Crippen LogP contribution in [0.4, 0.5) is 10.9 Å². The summed E-state index contributed by atoms with van der Waals surface area (Å²) in [6.45, 7) is 0.239. The molecule has 2 heterocycles. The quantitative estimate of drug-likeness (QED) is 0.636. The van der Waals surface area contributed by atoms with Crippen molar-refractivity contribution in [3.8, 4) is 0 Å². The minimum atomic E-state index is -0.892. The van der Waals surface area contributed by atoms with Crippen LogP contribution in [0.25, 0.3) is 0 Å². The summed E-state index contributed by atoms with van der Waals surface area (Å²) in [6, 6.07) is 0. The number of nitrogens with two attached hydrogens (primary N) is 1. The summed E-state index contributed by atoms with van der Waals surface area (Å²) in [5.41, 5.74) is 5.72. The molecule has 1 aromatic rings. The molecule has 2 unspecified atom stereocenters. The number of likely N-dealkylation sites (tertiary alicyclic amines) is 1. The van der Waals surface area contributed by atoms with Crippen LogP contribution in [-0.4, -0.2) is 65.4 Å². The van der Waals surface area contributed by atoms with Crippen LogP contribution in [-0.2, 0) is 0 Å². The van der Waals surface area contributed by atoms with Crippen molar-refractivity contribution in [2.24, 2.45) is 0 Å². The molecule has 1 aromatic heterocycles. The van der Waals surface area contributed by atoms with Crippen molar-refractivity contribution in [1.82, 2.24) is 9.88 Å². The zero-order valence-electron chi connectivity index (χ0n) is 10.2. The lowest BCUT2D eigenvalue weighted by Gasteiger charge is -2.13. The first-order valence-electron chi connectivity index (χ1n) is 5.49. The topological polar surface area (TPSA) is 103 Å². The second kappa shape index (κ2) is 4.71. The Labute approximate surface area is 108 Å². The second-order valence-corrected chi connectivity index (χ2v) is 5.43. The molecule has 0 aromatic carbocycles. The van der Waals surface area contributed by atoms with Gasteiger partial charge in [0.05, 0.1) is 12.2 Å². The van der Waals surface area contributed by atoms with Crippen LogP contribution < -0.4 is 10.6 Å². The average molecular weight is 272 g/mol. The summed E-state index contributed by atoms with van der Waals surface area (Å²) in [7, 11) is 3.63. The molecule has 1 aliphatic rings. The molecule has 0 radical (unpaired) electrons. The molecule has 1 aliphatic heterocycles. The Morgan fingerprint density at radius 2 is 2.00 bits per heavy atom. The Bertz CT molecular complexity index is 452. The van der Waals surface area contributed by atoms with E-state index in [9.17, 15) is 15.0 Å². The number of β-amino-alcohol motifs (C(OH)–C–C–N with tert-alkyl or cyclic N) is 2. The minimum absolute atomic E-state index is 0.120. The van der Waals surface area contributed by atoms with Gasteiger partial charge in [0.15, 0.2) is 5.13 Å². The zero-order valence-corrected chi connectivity index (χ0v) is 11.0. The second-order valence-electron chi connectivity index (χ2n) is 4.45. The number of nitrogens with zero attached hydrogens (tertiary/aromatic N) is 3. The van der Waals surface area contributed by atoms with Crippen LogP contribution >= 0.6 is 11.3 Å². The van der Waals surface area contributed by atoms with E-state index < -0.39 is 12.2 Å². The molecule has 2 atom stereocenters. The minimum Gasteiger partial charge on any atom is -0.388 e. The van der Waals surface area contributed by atoms with Gasteiger partial charge in [0, 0.05) is 27.2 Å². The number of amides is 1. The number of aliphatic hydroxyl groups excluding tert-OH is 2. The Morgan fingerprint density at radius 1 is 1.44 bits per heavy atom. The molecule has 8 heteroatoms. The number of aliphatic hydroxyl groups is 2. The average Bonchev–Trinajstić information content (AvgIpc) is 2.83. The van der Waals surface area contributed by atoms with Crippen molar-refractivity contribution in [3.63, 3.8) is 0 Å². The Morgan fingerprint density at radius 3 is 2.44 bits per heavy atom. The fourth-order valence-corrected chi connectivity index (χ4v) is 2.62. The van der Waals surface area contributed by atoms with E-state index in [4.69, 9.17) is 5.73 Å². The summed E-state index contributed by atoms with van der Waals surface area (Å²) < 4.78 is 0. The highest BCUT2D eigenvalue weighted by Crippen LogP contribution is 2.28. The summed E-state index contributed by atoms with van der Waals surface area (Å²) in [5.74, 6) is -0.113. The van der Waals surface area contributed by atoms with Crippen LogP contribution in [0.2, 0.25) is 0 Å². The molecule has 0 bridgehead atoms. The Kier molecular flexibility index (Phi) is 3.42. The predicted octanol–water partition coefficient (Wildman–Crippen LogP) is -1.03. The van der Waals surface area contributed by atoms with Crippen molar-refractivity contribution in [2.75, 3.05) is 37.8 Å². The van der Waals surface area contributed by atoms with Crippen molar-refractivity contribution in [2.45, 2.75) is 12.2 Å². The van der Waals surface area contributed by atoms with Gasteiger partial charge in [-0.05, 0) is 0 Å². The molecule has 7 nitrogen and oxygen atoms in total. The van der Waals surface area contributed by atoms with Crippen LogP contribution in [0, 0.1) is 0 Å². The van der Waals surface area contributed by atoms with Gasteiger partial charge in [-0.25, -0.2) is 4.98 Å². The van der Waals surface area contributed by atoms with Gasteiger partial charge in [0.2, 0.25) is 0 Å². The van der Waals surface area contributed by atoms with Crippen molar-refractivity contribution in [3.05, 3.63) is 4.88 Å². The molecule has 18 heavy (non-hydrogen) atoms. The molecule has 0 spiro atoms. The van der Waals surface area contributed by atoms with E-state index in [0.717, 1.165) is 0 Å². The molecule has 4 N–H and O–H groups in total. The highest BCUT2D eigenvalue weighted by Gasteiger charge is 2.34. The lowest BCUT2D eigenvalue weighted by atomic mass is 10.3. The number of thiazole rings is 1. The van der Waals surface area contributed by atoms with Crippen molar-refractivity contribution >= 4 is 28.2 Å². The Balaban J connectivity index is 2.19.